The van der Waals surface area contributed by atoms with Gasteiger partial charge in [0, 0.05) is 37.1 Å². The zero-order valence-corrected chi connectivity index (χ0v) is 17.4. The van der Waals surface area contributed by atoms with Crippen LogP contribution in [0.4, 0.5) is 17.6 Å². The van der Waals surface area contributed by atoms with Crippen LogP contribution in [0, 0.1) is 12.7 Å². The molecule has 12 heteroatoms. The summed E-state index contributed by atoms with van der Waals surface area (Å²) in [6.45, 7) is 5.34. The van der Waals surface area contributed by atoms with Crippen LogP contribution in [0.5, 0.6) is 5.88 Å². The van der Waals surface area contributed by atoms with Crippen LogP contribution < -0.4 is 4.74 Å². The standard InChI is InChI=1S/C17H20FN3O2S.C2HF3O2/c1-12-15(24-11-20-12)8-21-6-4-17(10-21)7-13(9-22-17)23-16-14(18)3-2-5-19-16;3-2(4,5)1(6)7/h2-3,5,11,13H,4,6-10H2,1H3;(H,6,7)/t13-,17+;/m1./s1. The number of aliphatic carboxylic acids is 1. The van der Waals surface area contributed by atoms with Crippen LogP contribution in [0.25, 0.3) is 0 Å². The topological polar surface area (TPSA) is 84.8 Å². The van der Waals surface area contributed by atoms with Crippen LogP contribution in [-0.4, -0.2) is 63.5 Å². The Balaban J connectivity index is 0.000000339. The van der Waals surface area contributed by atoms with Crippen molar-refractivity contribution in [2.45, 2.75) is 44.2 Å². The van der Waals surface area contributed by atoms with E-state index in [0.717, 1.165) is 38.2 Å². The molecular weight excluding hydrogens is 442 g/mol. The second-order valence-electron chi connectivity index (χ2n) is 7.35. The van der Waals surface area contributed by atoms with Crippen molar-refractivity contribution in [2.75, 3.05) is 19.7 Å². The lowest BCUT2D eigenvalue weighted by Crippen LogP contribution is -2.33. The van der Waals surface area contributed by atoms with Crippen LogP contribution in [-0.2, 0) is 16.1 Å². The third-order valence-corrected chi connectivity index (χ3v) is 5.95. The summed E-state index contributed by atoms with van der Waals surface area (Å²) in [7, 11) is 0. The van der Waals surface area contributed by atoms with Gasteiger partial charge in [-0.15, -0.1) is 11.3 Å². The quantitative estimate of drug-likeness (QED) is 0.696. The lowest BCUT2D eigenvalue weighted by Gasteiger charge is -2.23. The van der Waals surface area contributed by atoms with Crippen molar-refractivity contribution in [2.24, 2.45) is 0 Å². The average molecular weight is 463 g/mol. The van der Waals surface area contributed by atoms with Gasteiger partial charge < -0.3 is 14.6 Å². The number of aromatic nitrogens is 2. The van der Waals surface area contributed by atoms with E-state index in [-0.39, 0.29) is 17.6 Å². The minimum absolute atomic E-state index is 0.0679. The molecule has 1 spiro atoms. The van der Waals surface area contributed by atoms with Gasteiger partial charge in [0.05, 0.1) is 23.4 Å². The molecule has 2 aliphatic heterocycles. The molecule has 0 aromatic carbocycles. The molecule has 4 heterocycles. The molecule has 31 heavy (non-hydrogen) atoms. The van der Waals surface area contributed by atoms with Crippen LogP contribution in [0.15, 0.2) is 23.8 Å². The normalized spacial score (nSPS) is 23.6. The largest absolute Gasteiger partial charge is 0.490 e. The van der Waals surface area contributed by atoms with E-state index in [2.05, 4.69) is 21.8 Å². The van der Waals surface area contributed by atoms with E-state index < -0.39 is 18.0 Å². The summed E-state index contributed by atoms with van der Waals surface area (Å²) >= 11 is 1.70. The highest BCUT2D eigenvalue weighted by Gasteiger charge is 2.46. The number of hydrogen-bond donors (Lipinski definition) is 1. The van der Waals surface area contributed by atoms with Gasteiger partial charge in [-0.25, -0.2) is 19.2 Å². The van der Waals surface area contributed by atoms with E-state index in [0.29, 0.717) is 6.61 Å². The highest BCUT2D eigenvalue weighted by Crippen LogP contribution is 2.37. The van der Waals surface area contributed by atoms with Gasteiger partial charge in [-0.05, 0) is 25.5 Å². The first kappa shape index (κ1) is 23.4. The summed E-state index contributed by atoms with van der Waals surface area (Å²) in [5, 5.41) is 7.12. The zero-order chi connectivity index (χ0) is 22.6. The van der Waals surface area contributed by atoms with Gasteiger partial charge in [0.1, 0.15) is 6.10 Å². The lowest BCUT2D eigenvalue weighted by molar-refractivity contribution is -0.192. The third kappa shape index (κ3) is 6.11. The molecule has 0 amide bonds. The second kappa shape index (κ2) is 9.45. The molecule has 2 saturated heterocycles. The predicted octanol–water partition coefficient (Wildman–Crippen LogP) is 3.43. The predicted molar refractivity (Wildman–Crippen MR) is 102 cm³/mol. The molecule has 1 N–H and O–H groups in total. The molecular formula is C19H21F4N3O4S. The summed E-state index contributed by atoms with van der Waals surface area (Å²) in [6, 6.07) is 2.92. The van der Waals surface area contributed by atoms with E-state index >= 15 is 0 Å². The first-order valence-corrected chi connectivity index (χ1v) is 10.3. The fourth-order valence-corrected chi connectivity index (χ4v) is 4.34. The molecule has 0 bridgehead atoms. The van der Waals surface area contributed by atoms with Gasteiger partial charge in [-0.2, -0.15) is 13.2 Å². The minimum atomic E-state index is -5.08. The number of hydrogen-bond acceptors (Lipinski definition) is 7. The van der Waals surface area contributed by atoms with Crippen molar-refractivity contribution in [3.8, 4) is 5.88 Å². The molecule has 170 valence electrons. The lowest BCUT2D eigenvalue weighted by atomic mass is 9.98. The Hall–Kier alpha value is -2.31. The summed E-state index contributed by atoms with van der Waals surface area (Å²) in [5.74, 6) is -3.11. The van der Waals surface area contributed by atoms with Crippen molar-refractivity contribution < 1.29 is 36.9 Å². The average Bonchev–Trinajstić information content (AvgIpc) is 3.40. The highest BCUT2D eigenvalue weighted by molar-refractivity contribution is 7.09. The first-order chi connectivity index (χ1) is 14.6. The number of thiazole rings is 1. The molecule has 0 saturated carbocycles. The van der Waals surface area contributed by atoms with Crippen molar-refractivity contribution in [1.29, 1.82) is 0 Å². The number of alkyl halides is 3. The monoisotopic (exact) mass is 463 g/mol. The van der Waals surface area contributed by atoms with Gasteiger partial charge in [-0.1, -0.05) is 0 Å². The Morgan fingerprint density at radius 1 is 1.45 bits per heavy atom. The Kier molecular flexibility index (Phi) is 7.12. The number of aryl methyl sites for hydroxylation is 1. The summed E-state index contributed by atoms with van der Waals surface area (Å²) < 4.78 is 57.2. The molecule has 2 aromatic heterocycles. The summed E-state index contributed by atoms with van der Waals surface area (Å²) in [6.07, 6.45) is -1.92. The minimum Gasteiger partial charge on any atom is -0.475 e. The third-order valence-electron chi connectivity index (χ3n) is 5.03. The molecule has 4 rings (SSSR count). The molecule has 7 nitrogen and oxygen atoms in total. The summed E-state index contributed by atoms with van der Waals surface area (Å²) in [5.41, 5.74) is 2.84. The highest BCUT2D eigenvalue weighted by atomic mass is 32.1. The van der Waals surface area contributed by atoms with Crippen molar-refractivity contribution in [1.82, 2.24) is 14.9 Å². The Morgan fingerprint density at radius 3 is 2.81 bits per heavy atom. The Labute approximate surface area is 179 Å². The fraction of sp³-hybridized carbons (Fsp3) is 0.526. The van der Waals surface area contributed by atoms with Crippen LogP contribution in [0.3, 0.4) is 0 Å². The van der Waals surface area contributed by atoms with E-state index in [1.807, 2.05) is 5.51 Å². The molecule has 2 aromatic rings. The van der Waals surface area contributed by atoms with E-state index in [9.17, 15) is 17.6 Å². The van der Waals surface area contributed by atoms with E-state index in [1.54, 1.807) is 23.6 Å². The van der Waals surface area contributed by atoms with Gasteiger partial charge in [0.2, 0.25) is 0 Å². The number of halogens is 4. The number of rotatable bonds is 4. The van der Waals surface area contributed by atoms with Gasteiger partial charge in [-0.3, -0.25) is 4.90 Å². The zero-order valence-electron chi connectivity index (χ0n) is 16.6. The molecule has 0 aliphatic carbocycles. The molecule has 2 aliphatic rings. The maximum atomic E-state index is 13.7. The Bertz CT molecular complexity index is 910. The van der Waals surface area contributed by atoms with Gasteiger partial charge in [0.25, 0.3) is 5.88 Å². The van der Waals surface area contributed by atoms with Crippen molar-refractivity contribution >= 4 is 17.3 Å². The number of nitrogens with zero attached hydrogens (tertiary/aromatic N) is 3. The Morgan fingerprint density at radius 2 is 2.19 bits per heavy atom. The fourth-order valence-electron chi connectivity index (χ4n) is 3.52. The van der Waals surface area contributed by atoms with Crippen molar-refractivity contribution in [3.05, 3.63) is 40.2 Å². The van der Waals surface area contributed by atoms with Crippen molar-refractivity contribution in [3.63, 3.8) is 0 Å². The van der Waals surface area contributed by atoms with E-state index in [1.165, 1.54) is 10.9 Å². The maximum absolute atomic E-state index is 13.7. The number of ether oxygens (including phenoxy) is 2. The number of likely N-dealkylation sites (tertiary alicyclic amines) is 1. The second-order valence-corrected chi connectivity index (χ2v) is 8.29. The first-order valence-electron chi connectivity index (χ1n) is 9.40. The van der Waals surface area contributed by atoms with Gasteiger partial charge in [0.15, 0.2) is 5.82 Å². The van der Waals surface area contributed by atoms with Gasteiger partial charge >= 0.3 is 12.1 Å². The smallest absolute Gasteiger partial charge is 0.475 e. The maximum Gasteiger partial charge on any atom is 0.490 e. The van der Waals surface area contributed by atoms with Crippen LogP contribution in [0.1, 0.15) is 23.4 Å². The number of carbonyl (C=O) groups is 1. The van der Waals surface area contributed by atoms with Crippen LogP contribution in [0.2, 0.25) is 0 Å². The molecule has 0 unspecified atom stereocenters. The number of carboxylic acids is 1. The van der Waals surface area contributed by atoms with E-state index in [4.69, 9.17) is 19.4 Å². The number of pyridine rings is 1. The van der Waals surface area contributed by atoms with Crippen LogP contribution >= 0.6 is 11.3 Å². The molecule has 0 radical (unpaired) electrons. The number of carboxylic acid groups (broad SMARTS) is 1. The molecule has 2 fully saturated rings. The SMILES string of the molecule is Cc1ncsc1CN1CC[C@]2(C[C@@H](Oc3ncccc3F)CO2)C1.O=C(O)C(F)(F)F. The molecule has 2 atom stereocenters. The summed E-state index contributed by atoms with van der Waals surface area (Å²) in [4.78, 5) is 20.9.